The van der Waals surface area contributed by atoms with Gasteiger partial charge >= 0.3 is 6.09 Å². The predicted molar refractivity (Wildman–Crippen MR) is 118 cm³/mol. The van der Waals surface area contributed by atoms with E-state index in [0.717, 1.165) is 21.0 Å². The number of aromatic nitrogens is 1. The number of carbonyl (C=O) groups is 2. The van der Waals surface area contributed by atoms with E-state index in [1.807, 2.05) is 6.92 Å². The standard InChI is InChI=1S/C23H28F2N2O4S/c1-13-20(32-12-26-13)15-7-5-14(6-8-15)17(21(24)25)10-19(29)18-9-16(28)11-27(18)22(30)31-23(2,3)4/h5-8,12,16-18,21,28H,9-11H2,1-4H3/t16-,17-,18+/m1/s1. The van der Waals surface area contributed by atoms with E-state index in [-0.39, 0.29) is 13.0 Å². The second-order valence-corrected chi connectivity index (χ2v) is 9.89. The van der Waals surface area contributed by atoms with E-state index >= 15 is 0 Å². The van der Waals surface area contributed by atoms with Crippen LogP contribution in [-0.2, 0) is 9.53 Å². The molecule has 3 atom stereocenters. The van der Waals surface area contributed by atoms with E-state index in [1.54, 1.807) is 50.5 Å². The number of likely N-dealkylation sites (tertiary alicyclic amines) is 1. The van der Waals surface area contributed by atoms with Crippen molar-refractivity contribution in [2.45, 2.75) is 70.6 Å². The fourth-order valence-electron chi connectivity index (χ4n) is 3.81. The maximum atomic E-state index is 13.9. The minimum Gasteiger partial charge on any atom is -0.444 e. The number of Topliss-reactive ketones (excluding diaryl/α,β-unsaturated/α-hetero) is 1. The lowest BCUT2D eigenvalue weighted by atomic mass is 9.90. The molecule has 0 bridgehead atoms. The molecule has 2 aromatic rings. The van der Waals surface area contributed by atoms with Crippen LogP contribution in [0.15, 0.2) is 29.8 Å². The van der Waals surface area contributed by atoms with Gasteiger partial charge < -0.3 is 9.84 Å². The van der Waals surface area contributed by atoms with Crippen LogP contribution in [0.1, 0.15) is 50.8 Å². The molecule has 0 spiro atoms. The molecule has 0 unspecified atom stereocenters. The first-order valence-corrected chi connectivity index (χ1v) is 11.3. The molecule has 2 heterocycles. The van der Waals surface area contributed by atoms with Crippen molar-refractivity contribution in [1.29, 1.82) is 0 Å². The van der Waals surface area contributed by atoms with Gasteiger partial charge in [-0.25, -0.2) is 18.6 Å². The SMILES string of the molecule is Cc1ncsc1-c1ccc([C@@H](CC(=O)[C@@H]2C[C@@H](O)CN2C(=O)OC(C)(C)C)C(F)F)cc1. The van der Waals surface area contributed by atoms with Crippen molar-refractivity contribution in [3.05, 3.63) is 41.0 Å². The fourth-order valence-corrected chi connectivity index (χ4v) is 4.62. The Kier molecular flexibility index (Phi) is 7.29. The third-order valence-corrected chi connectivity index (χ3v) is 6.33. The molecule has 1 aromatic carbocycles. The number of nitrogens with zero attached hydrogens (tertiary/aromatic N) is 2. The van der Waals surface area contributed by atoms with Gasteiger partial charge in [-0.15, -0.1) is 11.3 Å². The minimum atomic E-state index is -2.75. The normalized spacial score (nSPS) is 19.9. The molecule has 0 radical (unpaired) electrons. The molecule has 174 valence electrons. The molecule has 9 heteroatoms. The highest BCUT2D eigenvalue weighted by Crippen LogP contribution is 2.33. The lowest BCUT2D eigenvalue weighted by Gasteiger charge is -2.28. The first-order chi connectivity index (χ1) is 15.0. The number of ketones is 1. The van der Waals surface area contributed by atoms with Crippen LogP contribution in [0.3, 0.4) is 0 Å². The molecule has 1 fully saturated rings. The van der Waals surface area contributed by atoms with Crippen molar-refractivity contribution in [3.63, 3.8) is 0 Å². The summed E-state index contributed by atoms with van der Waals surface area (Å²) >= 11 is 1.47. The molecule has 0 saturated carbocycles. The maximum Gasteiger partial charge on any atom is 0.410 e. The van der Waals surface area contributed by atoms with E-state index < -0.39 is 48.4 Å². The zero-order valence-electron chi connectivity index (χ0n) is 18.5. The average molecular weight is 467 g/mol. The molecule has 1 aliphatic heterocycles. The smallest absolute Gasteiger partial charge is 0.410 e. The number of carbonyl (C=O) groups excluding carboxylic acids is 2. The summed E-state index contributed by atoms with van der Waals surface area (Å²) < 4.78 is 33.1. The summed E-state index contributed by atoms with van der Waals surface area (Å²) in [6, 6.07) is 5.73. The quantitative estimate of drug-likeness (QED) is 0.662. The van der Waals surface area contributed by atoms with Gasteiger partial charge in [0.1, 0.15) is 5.60 Å². The van der Waals surface area contributed by atoms with Crippen molar-refractivity contribution < 1.29 is 28.2 Å². The van der Waals surface area contributed by atoms with Crippen molar-refractivity contribution in [2.75, 3.05) is 6.54 Å². The van der Waals surface area contributed by atoms with Gasteiger partial charge in [0.05, 0.1) is 40.7 Å². The van der Waals surface area contributed by atoms with E-state index in [4.69, 9.17) is 4.74 Å². The van der Waals surface area contributed by atoms with Crippen LogP contribution >= 0.6 is 11.3 Å². The summed E-state index contributed by atoms with van der Waals surface area (Å²) in [6.45, 7) is 6.90. The Labute approximate surface area is 190 Å². The van der Waals surface area contributed by atoms with Gasteiger partial charge in [-0.3, -0.25) is 9.69 Å². The highest BCUT2D eigenvalue weighted by Gasteiger charge is 2.42. The van der Waals surface area contributed by atoms with Crippen molar-refractivity contribution in [2.24, 2.45) is 0 Å². The summed E-state index contributed by atoms with van der Waals surface area (Å²) in [7, 11) is 0. The molecule has 1 aromatic heterocycles. The van der Waals surface area contributed by atoms with Crippen molar-refractivity contribution >= 4 is 23.2 Å². The van der Waals surface area contributed by atoms with E-state index in [1.165, 1.54) is 11.3 Å². The largest absolute Gasteiger partial charge is 0.444 e. The number of hydrogen-bond acceptors (Lipinski definition) is 6. The first-order valence-electron chi connectivity index (χ1n) is 10.4. The van der Waals surface area contributed by atoms with E-state index in [2.05, 4.69) is 4.98 Å². The molecular weight excluding hydrogens is 438 g/mol. The first kappa shape index (κ1) is 24.3. The third kappa shape index (κ3) is 5.69. The summed E-state index contributed by atoms with van der Waals surface area (Å²) in [5.74, 6) is -1.82. The van der Waals surface area contributed by atoms with Gasteiger partial charge in [0.15, 0.2) is 5.78 Å². The number of β-amino-alcohol motifs (C(OH)–C–C–N with tert-alkyl or cyclic N) is 1. The summed E-state index contributed by atoms with van der Waals surface area (Å²) in [5, 5.41) is 10.0. The molecule has 1 N–H and O–H groups in total. The lowest BCUT2D eigenvalue weighted by Crippen LogP contribution is -2.44. The zero-order valence-corrected chi connectivity index (χ0v) is 19.4. The Balaban J connectivity index is 1.76. The fraction of sp³-hybridized carbons (Fsp3) is 0.522. The van der Waals surface area contributed by atoms with Crippen LogP contribution in [0, 0.1) is 6.92 Å². The number of ether oxygens (including phenoxy) is 1. The zero-order chi connectivity index (χ0) is 23.6. The highest BCUT2D eigenvalue weighted by molar-refractivity contribution is 7.13. The summed E-state index contributed by atoms with van der Waals surface area (Å²) in [6.07, 6.45) is -4.81. The van der Waals surface area contributed by atoms with Crippen molar-refractivity contribution in [3.8, 4) is 10.4 Å². The molecule has 1 aliphatic rings. The van der Waals surface area contributed by atoms with Crippen LogP contribution in [0.2, 0.25) is 0 Å². The van der Waals surface area contributed by atoms with Crippen LogP contribution in [-0.4, -0.2) is 57.6 Å². The number of thiazole rings is 1. The molecule has 6 nitrogen and oxygen atoms in total. The Hall–Kier alpha value is -2.39. The second kappa shape index (κ2) is 9.62. The third-order valence-electron chi connectivity index (χ3n) is 5.35. The van der Waals surface area contributed by atoms with Gasteiger partial charge in [0.25, 0.3) is 0 Å². The van der Waals surface area contributed by atoms with Gasteiger partial charge in [-0.2, -0.15) is 0 Å². The number of hydrogen-bond donors (Lipinski definition) is 1. The number of aliphatic hydroxyl groups is 1. The Bertz CT molecular complexity index is 956. The minimum absolute atomic E-state index is 0.0115. The Morgan fingerprint density at radius 2 is 1.94 bits per heavy atom. The predicted octanol–water partition coefficient (Wildman–Crippen LogP) is 4.80. The van der Waals surface area contributed by atoms with Crippen LogP contribution in [0.4, 0.5) is 13.6 Å². The number of benzene rings is 1. The van der Waals surface area contributed by atoms with Gasteiger partial charge in [-0.05, 0) is 38.8 Å². The van der Waals surface area contributed by atoms with Gasteiger partial charge in [-0.1, -0.05) is 24.3 Å². The highest BCUT2D eigenvalue weighted by atomic mass is 32.1. The molecule has 32 heavy (non-hydrogen) atoms. The van der Waals surface area contributed by atoms with Crippen LogP contribution in [0.5, 0.6) is 0 Å². The maximum absolute atomic E-state index is 13.9. The molecular formula is C23H28F2N2O4S. The van der Waals surface area contributed by atoms with E-state index in [0.29, 0.717) is 5.56 Å². The number of aliphatic hydroxyl groups excluding tert-OH is 1. The Morgan fingerprint density at radius 1 is 1.28 bits per heavy atom. The van der Waals surface area contributed by atoms with Crippen LogP contribution in [0.25, 0.3) is 10.4 Å². The molecule has 1 amide bonds. The summed E-state index contributed by atoms with van der Waals surface area (Å²) in [4.78, 5) is 31.8. The van der Waals surface area contributed by atoms with Crippen molar-refractivity contribution in [1.82, 2.24) is 9.88 Å². The van der Waals surface area contributed by atoms with Crippen LogP contribution < -0.4 is 0 Å². The Morgan fingerprint density at radius 3 is 2.47 bits per heavy atom. The summed E-state index contributed by atoms with van der Waals surface area (Å²) in [5.41, 5.74) is 3.04. The van der Waals surface area contributed by atoms with Gasteiger partial charge in [0, 0.05) is 12.8 Å². The number of halogens is 2. The molecule has 0 aliphatic carbocycles. The average Bonchev–Trinajstić information content (AvgIpc) is 3.30. The molecule has 3 rings (SSSR count). The number of amides is 1. The topological polar surface area (TPSA) is 79.7 Å². The monoisotopic (exact) mass is 466 g/mol. The number of rotatable bonds is 6. The lowest BCUT2D eigenvalue weighted by molar-refractivity contribution is -0.124. The van der Waals surface area contributed by atoms with Gasteiger partial charge in [0.2, 0.25) is 6.43 Å². The number of aryl methyl sites for hydroxylation is 1. The molecule has 1 saturated heterocycles. The van der Waals surface area contributed by atoms with E-state index in [9.17, 15) is 23.5 Å². The number of alkyl halides is 2. The second-order valence-electron chi connectivity index (χ2n) is 9.04.